The lowest BCUT2D eigenvalue weighted by Gasteiger charge is -2.30. The van der Waals surface area contributed by atoms with Gasteiger partial charge < -0.3 is 15.0 Å². The average molecular weight is 512 g/mol. The third-order valence-electron chi connectivity index (χ3n) is 5.99. The van der Waals surface area contributed by atoms with Crippen LogP contribution in [-0.4, -0.2) is 62.7 Å². The van der Waals surface area contributed by atoms with Crippen molar-refractivity contribution in [1.82, 2.24) is 14.5 Å². The minimum absolute atomic E-state index is 0.101. The predicted octanol–water partition coefficient (Wildman–Crippen LogP) is 3.41. The Morgan fingerprint density at radius 2 is 1.72 bits per heavy atom. The van der Waals surface area contributed by atoms with Gasteiger partial charge in [0.05, 0.1) is 18.6 Å². The molecule has 3 aromatic rings. The van der Waals surface area contributed by atoms with Crippen LogP contribution in [0, 0.1) is 0 Å². The molecule has 0 aliphatic heterocycles. The van der Waals surface area contributed by atoms with Crippen molar-refractivity contribution < 1.29 is 22.7 Å². The third kappa shape index (κ3) is 6.41. The summed E-state index contributed by atoms with van der Waals surface area (Å²) in [6, 6.07) is 18.7. The number of nitrogens with zero attached hydrogens (tertiary/aromatic N) is 2. The van der Waals surface area contributed by atoms with Gasteiger partial charge >= 0.3 is 0 Å². The fourth-order valence-corrected chi connectivity index (χ4v) is 4.98. The van der Waals surface area contributed by atoms with Gasteiger partial charge in [0, 0.05) is 20.1 Å². The van der Waals surface area contributed by atoms with E-state index in [0.29, 0.717) is 12.3 Å². The van der Waals surface area contributed by atoms with Crippen LogP contribution in [0.1, 0.15) is 25.8 Å². The van der Waals surface area contributed by atoms with Crippen molar-refractivity contribution in [2.24, 2.45) is 0 Å². The summed E-state index contributed by atoms with van der Waals surface area (Å²) in [4.78, 5) is 27.7. The SMILES string of the molecule is CCCNC(=O)[C@@H](C)N(Cc1cccc(OC)c1)C(=O)CN(C)S(=O)(=O)c1ccc2ccccc2c1. The highest BCUT2D eigenvalue weighted by atomic mass is 32.2. The van der Waals surface area contributed by atoms with Crippen LogP contribution in [0.4, 0.5) is 0 Å². The lowest BCUT2D eigenvalue weighted by atomic mass is 10.1. The van der Waals surface area contributed by atoms with Crippen LogP contribution in [0.25, 0.3) is 10.8 Å². The molecule has 0 radical (unpaired) electrons. The van der Waals surface area contributed by atoms with Crippen molar-refractivity contribution in [3.8, 4) is 5.75 Å². The fourth-order valence-electron chi connectivity index (χ4n) is 3.82. The number of hydrogen-bond donors (Lipinski definition) is 1. The molecule has 0 unspecified atom stereocenters. The Bertz CT molecular complexity index is 1330. The van der Waals surface area contributed by atoms with Gasteiger partial charge in [0.1, 0.15) is 11.8 Å². The van der Waals surface area contributed by atoms with Gasteiger partial charge in [0.25, 0.3) is 0 Å². The Hall–Kier alpha value is -3.43. The highest BCUT2D eigenvalue weighted by molar-refractivity contribution is 7.89. The molecule has 3 aromatic carbocycles. The number of likely N-dealkylation sites (N-methyl/N-ethyl adjacent to an activating group) is 1. The van der Waals surface area contributed by atoms with Gasteiger partial charge in [-0.15, -0.1) is 0 Å². The van der Waals surface area contributed by atoms with Crippen LogP contribution in [0.3, 0.4) is 0 Å². The number of carbonyl (C=O) groups excluding carboxylic acids is 2. The molecule has 0 aliphatic carbocycles. The number of carbonyl (C=O) groups is 2. The molecule has 192 valence electrons. The number of hydrogen-bond acceptors (Lipinski definition) is 5. The van der Waals surface area contributed by atoms with E-state index in [1.807, 2.05) is 37.3 Å². The Balaban J connectivity index is 1.85. The largest absolute Gasteiger partial charge is 0.497 e. The van der Waals surface area contributed by atoms with E-state index in [1.165, 1.54) is 18.0 Å². The van der Waals surface area contributed by atoms with Crippen molar-refractivity contribution in [2.45, 2.75) is 37.8 Å². The van der Waals surface area contributed by atoms with Crippen molar-refractivity contribution in [3.63, 3.8) is 0 Å². The maximum absolute atomic E-state index is 13.4. The molecule has 9 heteroatoms. The molecule has 8 nitrogen and oxygen atoms in total. The molecule has 0 saturated heterocycles. The van der Waals surface area contributed by atoms with Gasteiger partial charge in [0.2, 0.25) is 21.8 Å². The van der Waals surface area contributed by atoms with E-state index in [2.05, 4.69) is 5.32 Å². The number of nitrogens with one attached hydrogen (secondary N) is 1. The summed E-state index contributed by atoms with van der Waals surface area (Å²) in [6.07, 6.45) is 0.759. The molecule has 0 saturated carbocycles. The summed E-state index contributed by atoms with van der Waals surface area (Å²) in [5.41, 5.74) is 0.762. The van der Waals surface area contributed by atoms with Crippen molar-refractivity contribution in [2.75, 3.05) is 27.2 Å². The maximum Gasteiger partial charge on any atom is 0.243 e. The van der Waals surface area contributed by atoms with Crippen LogP contribution >= 0.6 is 0 Å². The molecule has 1 atom stereocenters. The molecule has 0 aromatic heterocycles. The monoisotopic (exact) mass is 511 g/mol. The Morgan fingerprint density at radius 3 is 2.42 bits per heavy atom. The fraction of sp³-hybridized carbons (Fsp3) is 0.333. The van der Waals surface area contributed by atoms with Crippen LogP contribution in [0.2, 0.25) is 0 Å². The topological polar surface area (TPSA) is 96.0 Å². The van der Waals surface area contributed by atoms with E-state index >= 15 is 0 Å². The molecule has 36 heavy (non-hydrogen) atoms. The Labute approximate surface area is 212 Å². The number of sulfonamides is 1. The van der Waals surface area contributed by atoms with Crippen molar-refractivity contribution in [3.05, 3.63) is 72.3 Å². The number of benzene rings is 3. The van der Waals surface area contributed by atoms with E-state index in [-0.39, 0.29) is 17.3 Å². The summed E-state index contributed by atoms with van der Waals surface area (Å²) in [6.45, 7) is 3.78. The third-order valence-corrected chi connectivity index (χ3v) is 7.79. The van der Waals surface area contributed by atoms with Gasteiger partial charge in [0.15, 0.2) is 0 Å². The molecule has 2 amide bonds. The molecule has 0 bridgehead atoms. The zero-order valence-electron chi connectivity index (χ0n) is 21.1. The van der Waals surface area contributed by atoms with E-state index in [4.69, 9.17) is 4.74 Å². The number of ether oxygens (including phenoxy) is 1. The summed E-state index contributed by atoms with van der Waals surface area (Å²) in [5, 5.41) is 4.53. The van der Waals surface area contributed by atoms with E-state index < -0.39 is 28.5 Å². The van der Waals surface area contributed by atoms with Crippen LogP contribution in [0.5, 0.6) is 5.75 Å². The molecular weight excluding hydrogens is 478 g/mol. The first kappa shape index (κ1) is 27.2. The lowest BCUT2D eigenvalue weighted by Crippen LogP contribution is -2.50. The average Bonchev–Trinajstić information content (AvgIpc) is 2.89. The van der Waals surface area contributed by atoms with Crippen LogP contribution in [-0.2, 0) is 26.2 Å². The first-order valence-electron chi connectivity index (χ1n) is 11.8. The van der Waals surface area contributed by atoms with Gasteiger partial charge in [-0.1, -0.05) is 49.4 Å². The van der Waals surface area contributed by atoms with Gasteiger partial charge in [-0.3, -0.25) is 9.59 Å². The quantitative estimate of drug-likeness (QED) is 0.426. The van der Waals surface area contributed by atoms with Gasteiger partial charge in [-0.2, -0.15) is 4.31 Å². The molecule has 0 fully saturated rings. The summed E-state index contributed by atoms with van der Waals surface area (Å²) >= 11 is 0. The Kier molecular flexibility index (Phi) is 9.06. The summed E-state index contributed by atoms with van der Waals surface area (Å²) in [5.74, 6) is -0.157. The molecular formula is C27H33N3O5S. The summed E-state index contributed by atoms with van der Waals surface area (Å²) in [7, 11) is -1.02. The second-order valence-corrected chi connectivity index (χ2v) is 10.7. The van der Waals surface area contributed by atoms with Gasteiger partial charge in [-0.25, -0.2) is 8.42 Å². The summed E-state index contributed by atoms with van der Waals surface area (Å²) < 4.78 is 32.9. The van der Waals surface area contributed by atoms with Crippen molar-refractivity contribution >= 4 is 32.6 Å². The number of fused-ring (bicyclic) bond motifs is 1. The number of methoxy groups -OCH3 is 1. The zero-order chi connectivity index (χ0) is 26.3. The zero-order valence-corrected chi connectivity index (χ0v) is 21.9. The number of rotatable bonds is 11. The molecule has 1 N–H and O–H groups in total. The van der Waals surface area contributed by atoms with E-state index in [1.54, 1.807) is 44.4 Å². The standard InChI is InChI=1S/C27H33N3O5S/c1-5-15-28-27(32)20(2)30(18-21-9-8-12-24(16-21)35-4)26(31)19-29(3)36(33,34)25-14-13-22-10-6-7-11-23(22)17-25/h6-14,16-17,20H,5,15,18-19H2,1-4H3,(H,28,32)/t20-/m1/s1. The van der Waals surface area contributed by atoms with Crippen molar-refractivity contribution in [1.29, 1.82) is 0 Å². The molecule has 0 spiro atoms. The molecule has 0 aliphatic rings. The minimum atomic E-state index is -3.94. The lowest BCUT2D eigenvalue weighted by molar-refractivity contribution is -0.140. The second-order valence-electron chi connectivity index (χ2n) is 8.61. The minimum Gasteiger partial charge on any atom is -0.497 e. The van der Waals surface area contributed by atoms with E-state index in [9.17, 15) is 18.0 Å². The molecule has 3 rings (SSSR count). The molecule has 0 heterocycles. The number of amides is 2. The smallest absolute Gasteiger partial charge is 0.243 e. The van der Waals surface area contributed by atoms with E-state index in [0.717, 1.165) is 27.1 Å². The van der Waals surface area contributed by atoms with Crippen LogP contribution in [0.15, 0.2) is 71.6 Å². The predicted molar refractivity (Wildman–Crippen MR) is 140 cm³/mol. The Morgan fingerprint density at radius 1 is 1.00 bits per heavy atom. The first-order valence-corrected chi connectivity index (χ1v) is 13.3. The first-order chi connectivity index (χ1) is 17.2. The highest BCUT2D eigenvalue weighted by Crippen LogP contribution is 2.22. The second kappa shape index (κ2) is 12.0. The normalized spacial score (nSPS) is 12.4. The van der Waals surface area contributed by atoms with Gasteiger partial charge in [-0.05, 0) is 53.9 Å². The van der Waals surface area contributed by atoms with Crippen LogP contribution < -0.4 is 10.1 Å². The highest BCUT2D eigenvalue weighted by Gasteiger charge is 2.30. The maximum atomic E-state index is 13.4.